The van der Waals surface area contributed by atoms with Gasteiger partial charge in [-0.25, -0.2) is 4.79 Å². The number of hydrogen-bond donors (Lipinski definition) is 2. The normalized spacial score (nSPS) is 9.68. The molecule has 2 rings (SSSR count). The Kier molecular flexibility index (Phi) is 3.63. The van der Waals surface area contributed by atoms with Crippen LogP contribution in [0.25, 0.3) is 0 Å². The Bertz CT molecular complexity index is 711. The van der Waals surface area contributed by atoms with E-state index in [1.165, 1.54) is 7.11 Å². The van der Waals surface area contributed by atoms with E-state index in [-0.39, 0.29) is 5.56 Å². The van der Waals surface area contributed by atoms with Crippen LogP contribution in [0.15, 0.2) is 29.1 Å². The molecule has 7 heteroatoms. The Balaban J connectivity index is 2.42. The van der Waals surface area contributed by atoms with Crippen LogP contribution in [-0.4, -0.2) is 17.5 Å². The van der Waals surface area contributed by atoms with Crippen molar-refractivity contribution >= 4 is 28.2 Å². The van der Waals surface area contributed by atoms with Gasteiger partial charge in [0.25, 0.3) is 5.56 Å². The highest BCUT2D eigenvalue weighted by atomic mass is 32.1. The van der Waals surface area contributed by atoms with Crippen molar-refractivity contribution in [3.05, 3.63) is 45.7 Å². The summed E-state index contributed by atoms with van der Waals surface area (Å²) in [5.74, 6) is -0.496. The largest absolute Gasteiger partial charge is 0.465 e. The summed E-state index contributed by atoms with van der Waals surface area (Å²) in [5, 5.41) is 12.2. The first kappa shape index (κ1) is 12.9. The van der Waals surface area contributed by atoms with Crippen molar-refractivity contribution in [2.24, 2.45) is 0 Å². The number of hydrogen-bond acceptors (Lipinski definition) is 6. The molecule has 19 heavy (non-hydrogen) atoms. The molecule has 0 radical (unpaired) electrons. The smallest absolute Gasteiger partial charge is 0.339 e. The Morgan fingerprint density at radius 2 is 2.21 bits per heavy atom. The number of nitriles is 1. The summed E-state index contributed by atoms with van der Waals surface area (Å²) in [4.78, 5) is 22.9. The minimum absolute atomic E-state index is 0.00957. The van der Waals surface area contributed by atoms with Crippen LogP contribution < -0.4 is 10.9 Å². The minimum Gasteiger partial charge on any atom is -0.465 e. The van der Waals surface area contributed by atoms with Crippen LogP contribution in [0, 0.1) is 11.3 Å². The molecule has 0 saturated carbocycles. The highest BCUT2D eigenvalue weighted by Crippen LogP contribution is 2.25. The summed E-state index contributed by atoms with van der Waals surface area (Å²) >= 11 is 1.00. The van der Waals surface area contributed by atoms with E-state index < -0.39 is 11.5 Å². The monoisotopic (exact) mass is 275 g/mol. The number of esters is 1. The van der Waals surface area contributed by atoms with Crippen molar-refractivity contribution in [2.45, 2.75) is 0 Å². The van der Waals surface area contributed by atoms with Gasteiger partial charge in [0.1, 0.15) is 11.1 Å². The SMILES string of the molecule is COC(=O)c1ccccc1Nc1s[nH]c(=O)c1C#N. The number of H-pyrrole nitrogens is 1. The molecule has 0 aliphatic heterocycles. The standard InChI is InChI=1S/C12H9N3O3S/c1-18-12(17)7-4-2-3-5-9(7)14-11-8(6-13)10(16)15-19-11/h2-5,14H,1H3,(H,15,16). The second kappa shape index (κ2) is 5.37. The summed E-state index contributed by atoms with van der Waals surface area (Å²) in [6.45, 7) is 0. The molecule has 2 N–H and O–H groups in total. The first-order valence-corrected chi connectivity index (χ1v) is 6.05. The molecule has 0 amide bonds. The van der Waals surface area contributed by atoms with E-state index in [1.54, 1.807) is 24.3 Å². The fraction of sp³-hybridized carbons (Fsp3) is 0.0833. The van der Waals surface area contributed by atoms with E-state index in [0.29, 0.717) is 16.3 Å². The minimum atomic E-state index is -0.496. The van der Waals surface area contributed by atoms with Crippen LogP contribution in [0.4, 0.5) is 10.7 Å². The Hall–Kier alpha value is -2.59. The first-order chi connectivity index (χ1) is 9.17. The lowest BCUT2D eigenvalue weighted by Gasteiger charge is -2.08. The van der Waals surface area contributed by atoms with Gasteiger partial charge in [-0.1, -0.05) is 12.1 Å². The Morgan fingerprint density at radius 3 is 2.89 bits per heavy atom. The zero-order valence-electron chi connectivity index (χ0n) is 9.89. The highest BCUT2D eigenvalue weighted by molar-refractivity contribution is 7.10. The quantitative estimate of drug-likeness (QED) is 0.833. The lowest BCUT2D eigenvalue weighted by Crippen LogP contribution is -2.06. The molecule has 1 heterocycles. The van der Waals surface area contributed by atoms with Crippen molar-refractivity contribution in [1.82, 2.24) is 4.37 Å². The van der Waals surface area contributed by atoms with Crippen molar-refractivity contribution in [3.63, 3.8) is 0 Å². The molecule has 0 aliphatic carbocycles. The fourth-order valence-corrected chi connectivity index (χ4v) is 2.19. The molecule has 96 valence electrons. The van der Waals surface area contributed by atoms with Gasteiger partial charge in [-0.2, -0.15) is 5.26 Å². The number of benzene rings is 1. The van der Waals surface area contributed by atoms with E-state index in [2.05, 4.69) is 14.4 Å². The summed E-state index contributed by atoms with van der Waals surface area (Å²) in [5.41, 5.74) is 0.339. The van der Waals surface area contributed by atoms with Crippen LogP contribution in [0.3, 0.4) is 0 Å². The third kappa shape index (κ3) is 2.48. The second-order valence-corrected chi connectivity index (χ2v) is 4.33. The molecule has 0 saturated heterocycles. The van der Waals surface area contributed by atoms with Crippen molar-refractivity contribution in [1.29, 1.82) is 5.26 Å². The maximum Gasteiger partial charge on any atom is 0.339 e. The number of para-hydroxylation sites is 1. The van der Waals surface area contributed by atoms with Crippen LogP contribution in [-0.2, 0) is 4.74 Å². The van der Waals surface area contributed by atoms with Gasteiger partial charge in [-0.15, -0.1) is 0 Å². The van der Waals surface area contributed by atoms with E-state index in [9.17, 15) is 9.59 Å². The molecule has 0 atom stereocenters. The Morgan fingerprint density at radius 1 is 1.47 bits per heavy atom. The average molecular weight is 275 g/mol. The number of ether oxygens (including phenoxy) is 1. The number of carbonyl (C=O) groups is 1. The van der Waals surface area contributed by atoms with Gasteiger partial charge in [-0.05, 0) is 23.7 Å². The number of rotatable bonds is 3. The molecule has 0 aliphatic rings. The predicted octanol–water partition coefficient (Wildman–Crippen LogP) is 1.84. The number of methoxy groups -OCH3 is 1. The third-order valence-corrected chi connectivity index (χ3v) is 3.19. The van der Waals surface area contributed by atoms with Crippen LogP contribution in [0.1, 0.15) is 15.9 Å². The molecule has 0 spiro atoms. The maximum absolute atomic E-state index is 11.6. The highest BCUT2D eigenvalue weighted by Gasteiger charge is 2.15. The van der Waals surface area contributed by atoms with Crippen LogP contribution >= 0.6 is 11.5 Å². The number of anilines is 2. The number of nitrogens with one attached hydrogen (secondary N) is 2. The van der Waals surface area contributed by atoms with Gasteiger partial charge in [-0.3, -0.25) is 9.17 Å². The predicted molar refractivity (Wildman–Crippen MR) is 70.7 cm³/mol. The van der Waals surface area contributed by atoms with Gasteiger partial charge >= 0.3 is 5.97 Å². The van der Waals surface area contributed by atoms with Crippen LogP contribution in [0.2, 0.25) is 0 Å². The topological polar surface area (TPSA) is 95.0 Å². The maximum atomic E-state index is 11.6. The van der Waals surface area contributed by atoms with E-state index in [4.69, 9.17) is 5.26 Å². The molecule has 0 unspecified atom stereocenters. The van der Waals surface area contributed by atoms with E-state index >= 15 is 0 Å². The number of aromatic amines is 1. The molecule has 0 bridgehead atoms. The third-order valence-electron chi connectivity index (χ3n) is 2.39. The van der Waals surface area contributed by atoms with Gasteiger partial charge in [0, 0.05) is 0 Å². The number of aromatic nitrogens is 1. The van der Waals surface area contributed by atoms with E-state index in [1.807, 2.05) is 6.07 Å². The second-order valence-electron chi connectivity index (χ2n) is 3.51. The number of carbonyl (C=O) groups excluding carboxylic acids is 1. The lowest BCUT2D eigenvalue weighted by atomic mass is 10.2. The lowest BCUT2D eigenvalue weighted by molar-refractivity contribution is 0.0602. The van der Waals surface area contributed by atoms with Gasteiger partial charge in [0.05, 0.1) is 18.4 Å². The van der Waals surface area contributed by atoms with Crippen molar-refractivity contribution in [2.75, 3.05) is 12.4 Å². The summed E-state index contributed by atoms with van der Waals surface area (Å²) in [6, 6.07) is 8.50. The summed E-state index contributed by atoms with van der Waals surface area (Å²) in [7, 11) is 1.29. The van der Waals surface area contributed by atoms with Gasteiger partial charge in [0.15, 0.2) is 5.56 Å². The average Bonchev–Trinajstić information content (AvgIpc) is 2.79. The Labute approximate surface area is 112 Å². The molecule has 2 aromatic rings. The molecule has 0 fully saturated rings. The zero-order chi connectivity index (χ0) is 13.8. The fourth-order valence-electron chi connectivity index (χ4n) is 1.49. The summed E-state index contributed by atoms with van der Waals surface area (Å²) < 4.78 is 7.12. The number of nitrogens with zero attached hydrogens (tertiary/aromatic N) is 1. The van der Waals surface area contributed by atoms with Crippen molar-refractivity contribution in [3.8, 4) is 6.07 Å². The molecule has 1 aromatic heterocycles. The first-order valence-electron chi connectivity index (χ1n) is 5.23. The van der Waals surface area contributed by atoms with Gasteiger partial charge in [0.2, 0.25) is 0 Å². The molecule has 6 nitrogen and oxygen atoms in total. The zero-order valence-corrected chi connectivity index (χ0v) is 10.7. The van der Waals surface area contributed by atoms with Crippen LogP contribution in [0.5, 0.6) is 0 Å². The van der Waals surface area contributed by atoms with Crippen molar-refractivity contribution < 1.29 is 9.53 Å². The van der Waals surface area contributed by atoms with E-state index in [0.717, 1.165) is 11.5 Å². The summed E-state index contributed by atoms with van der Waals surface area (Å²) in [6.07, 6.45) is 0. The van der Waals surface area contributed by atoms with Gasteiger partial charge < -0.3 is 10.1 Å². The molecular formula is C12H9N3O3S. The molecular weight excluding hydrogens is 266 g/mol. The molecule has 1 aromatic carbocycles.